The number of amides is 1. The van der Waals surface area contributed by atoms with Crippen molar-refractivity contribution in [1.29, 1.82) is 5.26 Å². The van der Waals surface area contributed by atoms with Crippen LogP contribution >= 0.6 is 0 Å². The summed E-state index contributed by atoms with van der Waals surface area (Å²) in [6.45, 7) is 1.84. The number of nitrogen functional groups attached to an aromatic ring is 1. The molecule has 1 heterocycles. The molecule has 1 amide bonds. The molecule has 19 heavy (non-hydrogen) atoms. The van der Waals surface area contributed by atoms with E-state index in [4.69, 9.17) is 11.0 Å². The van der Waals surface area contributed by atoms with E-state index < -0.39 is 5.91 Å². The molecule has 0 saturated carbocycles. The van der Waals surface area contributed by atoms with Crippen LogP contribution in [0.1, 0.15) is 21.6 Å². The van der Waals surface area contributed by atoms with Crippen molar-refractivity contribution in [3.63, 3.8) is 0 Å². The van der Waals surface area contributed by atoms with Crippen LogP contribution in [0.4, 0.5) is 11.5 Å². The van der Waals surface area contributed by atoms with Gasteiger partial charge in [-0.2, -0.15) is 5.26 Å². The maximum absolute atomic E-state index is 11.9. The molecule has 6 heteroatoms. The first kappa shape index (κ1) is 12.5. The zero-order valence-electron chi connectivity index (χ0n) is 10.2. The Morgan fingerprint density at radius 2 is 2.16 bits per heavy atom. The van der Waals surface area contributed by atoms with Gasteiger partial charge in [-0.05, 0) is 24.6 Å². The second-order valence-corrected chi connectivity index (χ2v) is 3.92. The van der Waals surface area contributed by atoms with Gasteiger partial charge in [0, 0.05) is 5.69 Å². The Balaban J connectivity index is 2.24. The maximum atomic E-state index is 11.9. The third kappa shape index (κ3) is 2.84. The molecule has 0 fully saturated rings. The van der Waals surface area contributed by atoms with Gasteiger partial charge >= 0.3 is 0 Å². The second-order valence-electron chi connectivity index (χ2n) is 3.92. The number of hydrogen-bond acceptors (Lipinski definition) is 5. The van der Waals surface area contributed by atoms with Crippen LogP contribution in [0.5, 0.6) is 0 Å². The molecular formula is C13H11N5O. The third-order valence-electron chi connectivity index (χ3n) is 2.52. The van der Waals surface area contributed by atoms with E-state index in [1.165, 1.54) is 12.4 Å². The fraction of sp³-hybridized carbons (Fsp3) is 0.0769. The number of rotatable bonds is 2. The van der Waals surface area contributed by atoms with Gasteiger partial charge in [-0.1, -0.05) is 6.07 Å². The van der Waals surface area contributed by atoms with Gasteiger partial charge in [0.15, 0.2) is 0 Å². The fourth-order valence-electron chi connectivity index (χ4n) is 1.47. The molecule has 0 aliphatic heterocycles. The quantitative estimate of drug-likeness (QED) is 0.843. The van der Waals surface area contributed by atoms with E-state index in [9.17, 15) is 4.79 Å². The number of nitrogens with two attached hydrogens (primary N) is 1. The first-order valence-electron chi connectivity index (χ1n) is 5.50. The average molecular weight is 253 g/mol. The van der Waals surface area contributed by atoms with Crippen LogP contribution < -0.4 is 11.1 Å². The summed E-state index contributed by atoms with van der Waals surface area (Å²) in [5.41, 5.74) is 7.47. The van der Waals surface area contributed by atoms with E-state index >= 15 is 0 Å². The fourth-order valence-corrected chi connectivity index (χ4v) is 1.47. The number of aromatic nitrogens is 2. The number of benzene rings is 1. The Hall–Kier alpha value is -2.94. The molecular weight excluding hydrogens is 242 g/mol. The Morgan fingerprint density at radius 3 is 2.79 bits per heavy atom. The summed E-state index contributed by atoms with van der Waals surface area (Å²) in [7, 11) is 0. The molecule has 0 saturated heterocycles. The lowest BCUT2D eigenvalue weighted by molar-refractivity contribution is 0.102. The molecule has 1 aromatic heterocycles. The molecule has 0 aliphatic carbocycles. The third-order valence-corrected chi connectivity index (χ3v) is 2.52. The zero-order valence-corrected chi connectivity index (χ0v) is 10.2. The van der Waals surface area contributed by atoms with Crippen molar-refractivity contribution in [3.05, 3.63) is 47.4 Å². The Labute approximate surface area is 109 Å². The van der Waals surface area contributed by atoms with Crippen LogP contribution in [0.25, 0.3) is 0 Å². The van der Waals surface area contributed by atoms with Crippen molar-refractivity contribution in [1.82, 2.24) is 9.97 Å². The predicted molar refractivity (Wildman–Crippen MR) is 70.3 cm³/mol. The monoisotopic (exact) mass is 253 g/mol. The second kappa shape index (κ2) is 5.14. The van der Waals surface area contributed by atoms with Gasteiger partial charge in [0.1, 0.15) is 11.5 Å². The predicted octanol–water partition coefficient (Wildman–Crippen LogP) is 1.49. The maximum Gasteiger partial charge on any atom is 0.275 e. The SMILES string of the molecule is Cc1ccc(C#N)cc1NC(=O)c1cnc(N)cn1. The molecule has 6 nitrogen and oxygen atoms in total. The van der Waals surface area contributed by atoms with E-state index in [0.29, 0.717) is 11.3 Å². The van der Waals surface area contributed by atoms with Gasteiger partial charge in [-0.15, -0.1) is 0 Å². The number of nitriles is 1. The molecule has 0 aliphatic rings. The van der Waals surface area contributed by atoms with Crippen LogP contribution in [-0.4, -0.2) is 15.9 Å². The van der Waals surface area contributed by atoms with Crippen LogP contribution in [-0.2, 0) is 0 Å². The molecule has 94 valence electrons. The lowest BCUT2D eigenvalue weighted by Gasteiger charge is -2.08. The molecule has 3 N–H and O–H groups in total. The summed E-state index contributed by atoms with van der Waals surface area (Å²) in [6, 6.07) is 7.08. The highest BCUT2D eigenvalue weighted by atomic mass is 16.1. The lowest BCUT2D eigenvalue weighted by atomic mass is 10.1. The first-order valence-corrected chi connectivity index (χ1v) is 5.50. The van der Waals surface area contributed by atoms with Crippen molar-refractivity contribution < 1.29 is 4.79 Å². The summed E-state index contributed by atoms with van der Waals surface area (Å²) < 4.78 is 0. The smallest absolute Gasteiger partial charge is 0.275 e. The number of carbonyl (C=O) groups is 1. The van der Waals surface area contributed by atoms with E-state index in [1.54, 1.807) is 18.2 Å². The number of nitrogens with zero attached hydrogens (tertiary/aromatic N) is 3. The summed E-state index contributed by atoms with van der Waals surface area (Å²) in [5.74, 6) is -0.148. The molecule has 2 aromatic rings. The molecule has 0 bridgehead atoms. The minimum atomic E-state index is -0.398. The average Bonchev–Trinajstić information content (AvgIpc) is 2.42. The van der Waals surface area contributed by atoms with Crippen LogP contribution in [0.2, 0.25) is 0 Å². The topological polar surface area (TPSA) is 105 Å². The van der Waals surface area contributed by atoms with Gasteiger partial charge in [0.2, 0.25) is 0 Å². The van der Waals surface area contributed by atoms with Gasteiger partial charge < -0.3 is 11.1 Å². The van der Waals surface area contributed by atoms with Crippen molar-refractivity contribution in [2.24, 2.45) is 0 Å². The largest absolute Gasteiger partial charge is 0.382 e. The van der Waals surface area contributed by atoms with Crippen molar-refractivity contribution in [3.8, 4) is 6.07 Å². The standard InChI is InChI=1S/C13H11N5O/c1-8-2-3-9(5-14)4-10(8)18-13(19)11-6-17-12(15)7-16-11/h2-4,6-7H,1H3,(H2,15,17)(H,18,19). The minimum Gasteiger partial charge on any atom is -0.382 e. The molecule has 0 spiro atoms. The highest BCUT2D eigenvalue weighted by Gasteiger charge is 2.10. The number of anilines is 2. The number of aryl methyl sites for hydroxylation is 1. The number of carbonyl (C=O) groups excluding carboxylic acids is 1. The molecule has 1 aromatic carbocycles. The molecule has 0 unspecified atom stereocenters. The number of nitrogens with one attached hydrogen (secondary N) is 1. The van der Waals surface area contributed by atoms with Gasteiger partial charge in [-0.25, -0.2) is 9.97 Å². The van der Waals surface area contributed by atoms with Crippen LogP contribution in [0.15, 0.2) is 30.6 Å². The van der Waals surface area contributed by atoms with E-state index in [0.717, 1.165) is 5.56 Å². The van der Waals surface area contributed by atoms with E-state index in [2.05, 4.69) is 15.3 Å². The van der Waals surface area contributed by atoms with Crippen molar-refractivity contribution in [2.45, 2.75) is 6.92 Å². The van der Waals surface area contributed by atoms with Crippen LogP contribution in [0.3, 0.4) is 0 Å². The Bertz CT molecular complexity index is 658. The summed E-state index contributed by atoms with van der Waals surface area (Å²) in [5, 5.41) is 11.5. The van der Waals surface area contributed by atoms with Crippen molar-refractivity contribution in [2.75, 3.05) is 11.1 Å². The minimum absolute atomic E-state index is 0.163. The molecule has 0 atom stereocenters. The zero-order chi connectivity index (χ0) is 13.8. The Morgan fingerprint density at radius 1 is 1.37 bits per heavy atom. The van der Waals surface area contributed by atoms with Gasteiger partial charge in [0.25, 0.3) is 5.91 Å². The summed E-state index contributed by atoms with van der Waals surface area (Å²) >= 11 is 0. The van der Waals surface area contributed by atoms with E-state index in [-0.39, 0.29) is 11.5 Å². The van der Waals surface area contributed by atoms with Gasteiger partial charge in [0.05, 0.1) is 24.0 Å². The molecule has 2 rings (SSSR count). The summed E-state index contributed by atoms with van der Waals surface area (Å²) in [4.78, 5) is 19.6. The van der Waals surface area contributed by atoms with E-state index in [1.807, 2.05) is 13.0 Å². The number of hydrogen-bond donors (Lipinski definition) is 2. The van der Waals surface area contributed by atoms with Crippen LogP contribution in [0, 0.1) is 18.3 Å². The normalized spacial score (nSPS) is 9.68. The highest BCUT2D eigenvalue weighted by molar-refractivity contribution is 6.03. The van der Waals surface area contributed by atoms with Crippen molar-refractivity contribution >= 4 is 17.4 Å². The lowest BCUT2D eigenvalue weighted by Crippen LogP contribution is -2.15. The highest BCUT2D eigenvalue weighted by Crippen LogP contribution is 2.17. The summed E-state index contributed by atoms with van der Waals surface area (Å²) in [6.07, 6.45) is 2.61. The van der Waals surface area contributed by atoms with Gasteiger partial charge in [-0.3, -0.25) is 4.79 Å². The Kier molecular flexibility index (Phi) is 3.39. The molecule has 0 radical (unpaired) electrons. The first-order chi connectivity index (χ1) is 9.10.